The van der Waals surface area contributed by atoms with Gasteiger partial charge in [-0.25, -0.2) is 0 Å². The van der Waals surface area contributed by atoms with Crippen molar-refractivity contribution in [3.63, 3.8) is 0 Å². The van der Waals surface area contributed by atoms with Crippen LogP contribution in [0.15, 0.2) is 0 Å². The molecule has 0 heterocycles. The van der Waals surface area contributed by atoms with Crippen LogP contribution < -0.4 is 11.5 Å². The van der Waals surface area contributed by atoms with Crippen LogP contribution in [-0.4, -0.2) is 16.4 Å². The lowest BCUT2D eigenvalue weighted by Gasteiger charge is -2.14. The fourth-order valence-corrected chi connectivity index (χ4v) is 2.21. The molecule has 1 rings (SSSR count). The molecule has 0 radical (unpaired) electrons. The molecule has 0 bridgehead atoms. The second-order valence-electron chi connectivity index (χ2n) is 3.35. The van der Waals surface area contributed by atoms with Gasteiger partial charge in [0.15, 0.2) is 0 Å². The van der Waals surface area contributed by atoms with Crippen molar-refractivity contribution in [2.45, 2.75) is 25.3 Å². The lowest BCUT2D eigenvalue weighted by atomic mass is 9.99. The molecule has 11 heavy (non-hydrogen) atoms. The van der Waals surface area contributed by atoms with Crippen LogP contribution in [0.5, 0.6) is 0 Å². The summed E-state index contributed by atoms with van der Waals surface area (Å²) in [6.07, 6.45) is 3.18. The molecule has 1 saturated carbocycles. The van der Waals surface area contributed by atoms with Crippen molar-refractivity contribution in [1.82, 2.24) is 0 Å². The molecule has 1 aliphatic rings. The first-order valence-electron chi connectivity index (χ1n) is 3.70. The minimum Gasteiger partial charge on any atom is -0.368 e. The van der Waals surface area contributed by atoms with E-state index in [2.05, 4.69) is 22.6 Å². The Hall–Kier alpha value is 0.160. The van der Waals surface area contributed by atoms with Crippen LogP contribution in [0.1, 0.15) is 19.3 Å². The van der Waals surface area contributed by atoms with Gasteiger partial charge in [0.25, 0.3) is 0 Å². The average molecular weight is 268 g/mol. The Kier molecular flexibility index (Phi) is 2.74. The Balaban J connectivity index is 2.35. The fraction of sp³-hybridized carbons (Fsp3) is 0.857. The first kappa shape index (κ1) is 9.25. The first-order valence-corrected chi connectivity index (χ1v) is 5.23. The molecule has 4 heteroatoms. The number of carbonyl (C=O) groups is 1. The zero-order chi connectivity index (χ0) is 8.48. The van der Waals surface area contributed by atoms with E-state index in [4.69, 9.17) is 11.5 Å². The highest BCUT2D eigenvalue weighted by Crippen LogP contribution is 2.50. The van der Waals surface area contributed by atoms with E-state index in [1.165, 1.54) is 12.8 Å². The third-order valence-corrected chi connectivity index (χ3v) is 3.88. The number of amides is 1. The molecular formula is C7H13IN2O. The highest BCUT2D eigenvalue weighted by molar-refractivity contribution is 14.1. The summed E-state index contributed by atoms with van der Waals surface area (Å²) in [6.45, 7) is 0. The Labute approximate surface area is 80.0 Å². The predicted octanol–water partition coefficient (Wildman–Crippen LogP) is 0.404. The van der Waals surface area contributed by atoms with Crippen LogP contribution in [-0.2, 0) is 4.79 Å². The van der Waals surface area contributed by atoms with Gasteiger partial charge in [-0.05, 0) is 24.7 Å². The molecule has 4 N–H and O–H groups in total. The SMILES string of the molecule is NC(=O)C(N)CC1(CI)CC1. The van der Waals surface area contributed by atoms with E-state index in [0.29, 0.717) is 5.41 Å². The van der Waals surface area contributed by atoms with Gasteiger partial charge >= 0.3 is 0 Å². The summed E-state index contributed by atoms with van der Waals surface area (Å²) >= 11 is 2.34. The van der Waals surface area contributed by atoms with Crippen LogP contribution in [0.3, 0.4) is 0 Å². The fourth-order valence-electron chi connectivity index (χ4n) is 1.14. The van der Waals surface area contributed by atoms with Crippen molar-refractivity contribution in [3.8, 4) is 0 Å². The number of halogens is 1. The molecule has 3 nitrogen and oxygen atoms in total. The van der Waals surface area contributed by atoms with Crippen molar-refractivity contribution < 1.29 is 4.79 Å². The number of hydrogen-bond acceptors (Lipinski definition) is 2. The van der Waals surface area contributed by atoms with Crippen molar-refractivity contribution in [2.24, 2.45) is 16.9 Å². The van der Waals surface area contributed by atoms with Crippen LogP contribution in [0, 0.1) is 5.41 Å². The number of hydrogen-bond donors (Lipinski definition) is 2. The van der Waals surface area contributed by atoms with Crippen molar-refractivity contribution in [1.29, 1.82) is 0 Å². The highest BCUT2D eigenvalue weighted by atomic mass is 127. The number of rotatable bonds is 4. The van der Waals surface area contributed by atoms with E-state index in [0.717, 1.165) is 10.8 Å². The molecule has 0 aromatic carbocycles. The minimum absolute atomic E-state index is 0.356. The van der Waals surface area contributed by atoms with Gasteiger partial charge in [-0.15, -0.1) is 0 Å². The van der Waals surface area contributed by atoms with Crippen molar-refractivity contribution >= 4 is 28.5 Å². The molecule has 1 amide bonds. The maximum Gasteiger partial charge on any atom is 0.234 e. The molecule has 0 aromatic rings. The standard InChI is InChI=1S/C7H13IN2O/c8-4-7(1-2-7)3-5(9)6(10)11/h5H,1-4,9H2,(H2,10,11). The van der Waals surface area contributed by atoms with E-state index in [-0.39, 0.29) is 5.91 Å². The van der Waals surface area contributed by atoms with E-state index in [1.807, 2.05) is 0 Å². The van der Waals surface area contributed by atoms with Crippen molar-refractivity contribution in [2.75, 3.05) is 4.43 Å². The molecule has 1 unspecified atom stereocenters. The Morgan fingerprint density at radius 3 is 2.45 bits per heavy atom. The van der Waals surface area contributed by atoms with Gasteiger partial charge in [0.1, 0.15) is 0 Å². The highest BCUT2D eigenvalue weighted by Gasteiger charge is 2.43. The second-order valence-corrected chi connectivity index (χ2v) is 4.11. The Bertz CT molecular complexity index is 168. The van der Waals surface area contributed by atoms with Gasteiger partial charge in [-0.3, -0.25) is 4.79 Å². The van der Waals surface area contributed by atoms with Crippen LogP contribution >= 0.6 is 22.6 Å². The Morgan fingerprint density at radius 1 is 1.64 bits per heavy atom. The van der Waals surface area contributed by atoms with Gasteiger partial charge in [0.05, 0.1) is 6.04 Å². The Morgan fingerprint density at radius 2 is 2.18 bits per heavy atom. The third-order valence-electron chi connectivity index (χ3n) is 2.26. The molecule has 64 valence electrons. The van der Waals surface area contributed by atoms with E-state index >= 15 is 0 Å². The molecule has 1 fully saturated rings. The van der Waals surface area contributed by atoms with Gasteiger partial charge in [0.2, 0.25) is 5.91 Å². The topological polar surface area (TPSA) is 69.1 Å². The molecule has 1 aliphatic carbocycles. The molecule has 0 aliphatic heterocycles. The predicted molar refractivity (Wildman–Crippen MR) is 52.3 cm³/mol. The first-order chi connectivity index (χ1) is 5.09. The smallest absolute Gasteiger partial charge is 0.234 e. The van der Waals surface area contributed by atoms with Gasteiger partial charge in [-0.1, -0.05) is 22.6 Å². The summed E-state index contributed by atoms with van der Waals surface area (Å²) in [6, 6.07) is -0.438. The normalized spacial score (nSPS) is 22.7. The maximum absolute atomic E-state index is 10.6. The molecular weight excluding hydrogens is 255 g/mol. The number of nitrogens with two attached hydrogens (primary N) is 2. The van der Waals surface area contributed by atoms with E-state index in [9.17, 15) is 4.79 Å². The zero-order valence-corrected chi connectivity index (χ0v) is 8.50. The van der Waals surface area contributed by atoms with E-state index < -0.39 is 6.04 Å². The van der Waals surface area contributed by atoms with Gasteiger partial charge < -0.3 is 11.5 Å². The average Bonchev–Trinajstić information content (AvgIpc) is 2.69. The van der Waals surface area contributed by atoms with Crippen molar-refractivity contribution in [3.05, 3.63) is 0 Å². The summed E-state index contributed by atoms with van der Waals surface area (Å²) in [4.78, 5) is 10.6. The maximum atomic E-state index is 10.6. The summed E-state index contributed by atoms with van der Waals surface area (Å²) in [5.74, 6) is -0.374. The monoisotopic (exact) mass is 268 g/mol. The molecule has 1 atom stereocenters. The lowest BCUT2D eigenvalue weighted by Crippen LogP contribution is -2.38. The quantitative estimate of drug-likeness (QED) is 0.572. The van der Waals surface area contributed by atoms with E-state index in [1.54, 1.807) is 0 Å². The molecule has 0 saturated heterocycles. The summed E-state index contributed by atoms with van der Waals surface area (Å²) in [7, 11) is 0. The largest absolute Gasteiger partial charge is 0.368 e. The van der Waals surface area contributed by atoms with Crippen LogP contribution in [0.2, 0.25) is 0 Å². The molecule has 0 spiro atoms. The minimum atomic E-state index is -0.438. The summed E-state index contributed by atoms with van der Waals surface area (Å²) < 4.78 is 1.09. The third kappa shape index (κ3) is 2.30. The number of primary amides is 1. The summed E-state index contributed by atoms with van der Waals surface area (Å²) in [5.41, 5.74) is 11.0. The van der Waals surface area contributed by atoms with Gasteiger partial charge in [0, 0.05) is 4.43 Å². The van der Waals surface area contributed by atoms with Crippen LogP contribution in [0.25, 0.3) is 0 Å². The van der Waals surface area contributed by atoms with Crippen LogP contribution in [0.4, 0.5) is 0 Å². The number of alkyl halides is 1. The molecule has 0 aromatic heterocycles. The number of carbonyl (C=O) groups excluding carboxylic acids is 1. The lowest BCUT2D eigenvalue weighted by molar-refractivity contribution is -0.119. The van der Waals surface area contributed by atoms with Gasteiger partial charge in [-0.2, -0.15) is 0 Å². The zero-order valence-electron chi connectivity index (χ0n) is 6.35. The summed E-state index contributed by atoms with van der Waals surface area (Å²) in [5, 5.41) is 0. The second kappa shape index (κ2) is 3.26.